The highest BCUT2D eigenvalue weighted by Gasteiger charge is 2.26. The van der Waals surface area contributed by atoms with E-state index in [1.165, 1.54) is 5.56 Å². The summed E-state index contributed by atoms with van der Waals surface area (Å²) < 4.78 is 36.0. The zero-order valence-corrected chi connectivity index (χ0v) is 12.1. The van der Waals surface area contributed by atoms with Crippen molar-refractivity contribution in [1.82, 2.24) is 15.1 Å². The number of rotatable bonds is 6. The second kappa shape index (κ2) is 7.77. The third-order valence-corrected chi connectivity index (χ3v) is 3.64. The number of benzene rings is 1. The number of hydrogen-bond acceptors (Lipinski definition) is 3. The number of halogens is 3. The van der Waals surface area contributed by atoms with E-state index in [0.717, 1.165) is 32.7 Å². The van der Waals surface area contributed by atoms with E-state index in [1.54, 1.807) is 0 Å². The summed E-state index contributed by atoms with van der Waals surface area (Å²) in [5.41, 5.74) is 1.30. The minimum atomic E-state index is -4.12. The van der Waals surface area contributed by atoms with Gasteiger partial charge in [0.2, 0.25) is 0 Å². The largest absolute Gasteiger partial charge is 0.401 e. The molecule has 0 unspecified atom stereocenters. The molecule has 1 heterocycles. The smallest absolute Gasteiger partial charge is 0.307 e. The van der Waals surface area contributed by atoms with Crippen LogP contribution in [0.2, 0.25) is 0 Å². The zero-order valence-electron chi connectivity index (χ0n) is 12.1. The number of piperazine rings is 1. The molecular weight excluding hydrogens is 279 g/mol. The second-order valence-corrected chi connectivity index (χ2v) is 5.40. The van der Waals surface area contributed by atoms with Crippen LogP contribution in [0.25, 0.3) is 0 Å². The van der Waals surface area contributed by atoms with Crippen molar-refractivity contribution in [2.45, 2.75) is 12.7 Å². The predicted octanol–water partition coefficient (Wildman–Crippen LogP) is 1.96. The van der Waals surface area contributed by atoms with Gasteiger partial charge in [0.15, 0.2) is 0 Å². The summed E-state index contributed by atoms with van der Waals surface area (Å²) in [5, 5.41) is 2.44. The van der Waals surface area contributed by atoms with Crippen LogP contribution >= 0.6 is 0 Å². The molecule has 1 fully saturated rings. The van der Waals surface area contributed by atoms with Crippen LogP contribution in [0.5, 0.6) is 0 Å². The van der Waals surface area contributed by atoms with E-state index in [0.29, 0.717) is 13.1 Å². The van der Waals surface area contributed by atoms with E-state index in [9.17, 15) is 13.2 Å². The highest BCUT2D eigenvalue weighted by atomic mass is 19.4. The van der Waals surface area contributed by atoms with Crippen LogP contribution < -0.4 is 5.32 Å². The fourth-order valence-corrected chi connectivity index (χ4v) is 2.48. The van der Waals surface area contributed by atoms with E-state index in [4.69, 9.17) is 0 Å². The van der Waals surface area contributed by atoms with Gasteiger partial charge in [-0.15, -0.1) is 0 Å². The summed E-state index contributed by atoms with van der Waals surface area (Å²) in [5.74, 6) is 0. The van der Waals surface area contributed by atoms with Gasteiger partial charge in [-0.3, -0.25) is 9.80 Å². The van der Waals surface area contributed by atoms with Gasteiger partial charge in [0.1, 0.15) is 0 Å². The average molecular weight is 301 g/mol. The molecule has 3 nitrogen and oxygen atoms in total. The molecule has 0 radical (unpaired) electrons. The molecule has 1 N–H and O–H groups in total. The highest BCUT2D eigenvalue weighted by molar-refractivity contribution is 5.14. The highest BCUT2D eigenvalue weighted by Crippen LogP contribution is 2.12. The summed E-state index contributed by atoms with van der Waals surface area (Å²) in [7, 11) is 0. The maximum absolute atomic E-state index is 12.0. The molecule has 0 amide bonds. The Morgan fingerprint density at radius 1 is 0.952 bits per heavy atom. The quantitative estimate of drug-likeness (QED) is 0.810. The van der Waals surface area contributed by atoms with Crippen LogP contribution in [0.3, 0.4) is 0 Å². The molecule has 1 aromatic rings. The van der Waals surface area contributed by atoms with Gasteiger partial charge in [0.05, 0.1) is 6.54 Å². The molecule has 1 saturated heterocycles. The Hall–Kier alpha value is -1.11. The Morgan fingerprint density at radius 3 is 2.19 bits per heavy atom. The first-order valence-corrected chi connectivity index (χ1v) is 7.29. The molecule has 1 aliphatic rings. The Morgan fingerprint density at radius 2 is 1.57 bits per heavy atom. The van der Waals surface area contributed by atoms with Gasteiger partial charge in [0.25, 0.3) is 0 Å². The predicted molar refractivity (Wildman–Crippen MR) is 77.1 cm³/mol. The van der Waals surface area contributed by atoms with Crippen molar-refractivity contribution in [3.8, 4) is 0 Å². The minimum absolute atomic E-state index is 0.387. The zero-order chi connectivity index (χ0) is 15.1. The second-order valence-electron chi connectivity index (χ2n) is 5.40. The van der Waals surface area contributed by atoms with Crippen molar-refractivity contribution in [3.05, 3.63) is 35.9 Å². The average Bonchev–Trinajstić information content (AvgIpc) is 2.45. The summed E-state index contributed by atoms with van der Waals surface area (Å²) in [4.78, 5) is 4.60. The first-order valence-electron chi connectivity index (χ1n) is 7.29. The first kappa shape index (κ1) is 16.3. The van der Waals surface area contributed by atoms with Crippen molar-refractivity contribution < 1.29 is 13.2 Å². The summed E-state index contributed by atoms with van der Waals surface area (Å²) >= 11 is 0. The maximum atomic E-state index is 12.0. The van der Waals surface area contributed by atoms with Crippen molar-refractivity contribution >= 4 is 0 Å². The maximum Gasteiger partial charge on any atom is 0.401 e. The van der Waals surface area contributed by atoms with Gasteiger partial charge >= 0.3 is 6.18 Å². The van der Waals surface area contributed by atoms with Crippen LogP contribution in [0.1, 0.15) is 5.56 Å². The normalized spacial score (nSPS) is 18.0. The molecule has 0 saturated carbocycles. The van der Waals surface area contributed by atoms with Gasteiger partial charge in [-0.25, -0.2) is 0 Å². The topological polar surface area (TPSA) is 18.5 Å². The van der Waals surface area contributed by atoms with Gasteiger partial charge in [-0.1, -0.05) is 30.3 Å². The molecule has 0 bridgehead atoms. The van der Waals surface area contributed by atoms with Crippen LogP contribution in [0.15, 0.2) is 30.3 Å². The standard InChI is InChI=1S/C15H22F3N3/c16-15(17,18)13-19-6-7-20-8-10-21(11-9-20)12-14-4-2-1-3-5-14/h1-5,19H,6-13H2. The van der Waals surface area contributed by atoms with Crippen LogP contribution in [-0.2, 0) is 6.54 Å². The van der Waals surface area contributed by atoms with E-state index in [2.05, 4.69) is 27.2 Å². The van der Waals surface area contributed by atoms with Crippen molar-refractivity contribution in [3.63, 3.8) is 0 Å². The van der Waals surface area contributed by atoms with Crippen molar-refractivity contribution in [2.75, 3.05) is 45.8 Å². The number of alkyl halides is 3. The number of hydrogen-bond donors (Lipinski definition) is 1. The molecule has 2 rings (SSSR count). The lowest BCUT2D eigenvalue weighted by molar-refractivity contribution is -0.124. The van der Waals surface area contributed by atoms with E-state index >= 15 is 0 Å². The van der Waals surface area contributed by atoms with Gasteiger partial charge in [0, 0.05) is 45.8 Å². The van der Waals surface area contributed by atoms with Crippen LogP contribution in [-0.4, -0.2) is 61.8 Å². The van der Waals surface area contributed by atoms with Crippen molar-refractivity contribution in [1.29, 1.82) is 0 Å². The van der Waals surface area contributed by atoms with Gasteiger partial charge in [-0.05, 0) is 5.56 Å². The molecular formula is C15H22F3N3. The molecule has 0 aromatic heterocycles. The molecule has 1 aliphatic heterocycles. The Bertz CT molecular complexity index is 400. The van der Waals surface area contributed by atoms with E-state index < -0.39 is 12.7 Å². The third-order valence-electron chi connectivity index (χ3n) is 3.64. The lowest BCUT2D eigenvalue weighted by Gasteiger charge is -2.34. The Balaban J connectivity index is 1.60. The summed E-state index contributed by atoms with van der Waals surface area (Å²) in [6, 6.07) is 10.3. The molecule has 118 valence electrons. The number of nitrogens with zero attached hydrogens (tertiary/aromatic N) is 2. The molecule has 6 heteroatoms. The molecule has 0 spiro atoms. The Kier molecular flexibility index (Phi) is 6.02. The van der Waals surface area contributed by atoms with Crippen LogP contribution in [0, 0.1) is 0 Å². The first-order chi connectivity index (χ1) is 10.0. The third kappa shape index (κ3) is 6.46. The molecule has 1 aromatic carbocycles. The number of nitrogens with one attached hydrogen (secondary N) is 1. The van der Waals surface area contributed by atoms with E-state index in [1.807, 2.05) is 18.2 Å². The Labute approximate surface area is 123 Å². The van der Waals surface area contributed by atoms with E-state index in [-0.39, 0.29) is 0 Å². The monoisotopic (exact) mass is 301 g/mol. The lowest BCUT2D eigenvalue weighted by atomic mass is 10.2. The fraction of sp³-hybridized carbons (Fsp3) is 0.600. The van der Waals surface area contributed by atoms with Crippen molar-refractivity contribution in [2.24, 2.45) is 0 Å². The summed E-state index contributed by atoms with van der Waals surface area (Å²) in [6.45, 7) is 4.87. The lowest BCUT2D eigenvalue weighted by Crippen LogP contribution is -2.48. The van der Waals surface area contributed by atoms with Gasteiger partial charge < -0.3 is 5.32 Å². The van der Waals surface area contributed by atoms with Gasteiger partial charge in [-0.2, -0.15) is 13.2 Å². The SMILES string of the molecule is FC(F)(F)CNCCN1CCN(Cc2ccccc2)CC1. The fourth-order valence-electron chi connectivity index (χ4n) is 2.48. The molecule has 21 heavy (non-hydrogen) atoms. The minimum Gasteiger partial charge on any atom is -0.307 e. The van der Waals surface area contributed by atoms with Crippen LogP contribution in [0.4, 0.5) is 13.2 Å². The molecule has 0 aliphatic carbocycles. The summed E-state index contributed by atoms with van der Waals surface area (Å²) in [6.07, 6.45) is -4.12. The molecule has 0 atom stereocenters.